The van der Waals surface area contributed by atoms with Crippen LogP contribution in [0.2, 0.25) is 0 Å². The number of halogens is 1. The number of ether oxygens (including phenoxy) is 2. The van der Waals surface area contributed by atoms with Crippen LogP contribution in [0.3, 0.4) is 0 Å². The fourth-order valence-electron chi connectivity index (χ4n) is 1.05. The summed E-state index contributed by atoms with van der Waals surface area (Å²) in [5.41, 5.74) is 0. The third-order valence-electron chi connectivity index (χ3n) is 1.82. The molecule has 0 rings (SSSR count). The Morgan fingerprint density at radius 1 is 1.53 bits per heavy atom. The Morgan fingerprint density at radius 2 is 2.20 bits per heavy atom. The first-order valence-corrected chi connectivity index (χ1v) is 5.50. The number of alkyl halides is 1. The maximum absolute atomic E-state index is 11.5. The highest BCUT2D eigenvalue weighted by atomic mass is 35.5. The second-order valence-corrected chi connectivity index (χ2v) is 4.00. The monoisotopic (exact) mass is 237 g/mol. The molecule has 0 saturated carbocycles. The van der Waals surface area contributed by atoms with Gasteiger partial charge in [0.2, 0.25) is 5.91 Å². The van der Waals surface area contributed by atoms with E-state index in [1.54, 1.807) is 19.1 Å². The molecule has 0 fully saturated rings. The number of carbonyl (C=O) groups is 1. The highest BCUT2D eigenvalue weighted by molar-refractivity contribution is 6.21. The highest BCUT2D eigenvalue weighted by Crippen LogP contribution is 1.99. The topological polar surface area (TPSA) is 38.8 Å². The van der Waals surface area contributed by atoms with Crippen molar-refractivity contribution in [2.75, 3.05) is 40.5 Å². The number of methoxy groups -OCH3 is 1. The molecule has 4 nitrogen and oxygen atoms in total. The first kappa shape index (κ1) is 14.7. The van der Waals surface area contributed by atoms with Crippen molar-refractivity contribution in [1.82, 2.24) is 4.90 Å². The average molecular weight is 238 g/mol. The van der Waals surface area contributed by atoms with E-state index in [2.05, 4.69) is 0 Å². The summed E-state index contributed by atoms with van der Waals surface area (Å²) in [5.74, 6) is -0.0507. The van der Waals surface area contributed by atoms with Crippen molar-refractivity contribution < 1.29 is 14.3 Å². The quantitative estimate of drug-likeness (QED) is 0.469. The van der Waals surface area contributed by atoms with Gasteiger partial charge in [0.1, 0.15) is 6.61 Å². The van der Waals surface area contributed by atoms with Gasteiger partial charge in [0.25, 0.3) is 0 Å². The Morgan fingerprint density at radius 3 is 2.73 bits per heavy atom. The predicted octanol–water partition coefficient (Wildman–Crippen LogP) is 1.13. The SMILES string of the molecule is CCCOCC(=O)N(C)CC(Cl)COC. The van der Waals surface area contributed by atoms with E-state index in [0.717, 1.165) is 6.42 Å². The molecule has 0 aromatic heterocycles. The van der Waals surface area contributed by atoms with Gasteiger partial charge in [-0.1, -0.05) is 6.92 Å². The van der Waals surface area contributed by atoms with Crippen molar-refractivity contribution in [3.8, 4) is 0 Å². The molecule has 0 aromatic carbocycles. The summed E-state index contributed by atoms with van der Waals surface area (Å²) in [6, 6.07) is 0. The fourth-order valence-corrected chi connectivity index (χ4v) is 1.38. The van der Waals surface area contributed by atoms with Crippen molar-refractivity contribution in [3.63, 3.8) is 0 Å². The Balaban J connectivity index is 3.68. The summed E-state index contributed by atoms with van der Waals surface area (Å²) in [6.07, 6.45) is 0.915. The molecular weight excluding hydrogens is 218 g/mol. The fraction of sp³-hybridized carbons (Fsp3) is 0.900. The minimum Gasteiger partial charge on any atom is -0.383 e. The lowest BCUT2D eigenvalue weighted by molar-refractivity contribution is -0.134. The molecule has 1 amide bonds. The number of nitrogens with zero attached hydrogens (tertiary/aromatic N) is 1. The van der Waals surface area contributed by atoms with Crippen molar-refractivity contribution in [1.29, 1.82) is 0 Å². The van der Waals surface area contributed by atoms with Gasteiger partial charge in [-0.25, -0.2) is 0 Å². The first-order chi connectivity index (χ1) is 7.11. The number of hydrogen-bond acceptors (Lipinski definition) is 3. The summed E-state index contributed by atoms with van der Waals surface area (Å²) in [7, 11) is 3.30. The van der Waals surface area contributed by atoms with E-state index in [-0.39, 0.29) is 17.9 Å². The van der Waals surface area contributed by atoms with Gasteiger partial charge in [-0.15, -0.1) is 11.6 Å². The Bertz CT molecular complexity index is 178. The summed E-state index contributed by atoms with van der Waals surface area (Å²) in [6.45, 7) is 3.66. The van der Waals surface area contributed by atoms with E-state index < -0.39 is 0 Å². The third-order valence-corrected chi connectivity index (χ3v) is 2.08. The van der Waals surface area contributed by atoms with E-state index in [4.69, 9.17) is 21.1 Å². The molecule has 0 radical (unpaired) electrons. The molecule has 0 saturated heterocycles. The van der Waals surface area contributed by atoms with Crippen LogP contribution in [0, 0.1) is 0 Å². The molecule has 0 aliphatic heterocycles. The average Bonchev–Trinajstić information content (AvgIpc) is 2.18. The van der Waals surface area contributed by atoms with E-state index >= 15 is 0 Å². The molecule has 1 unspecified atom stereocenters. The van der Waals surface area contributed by atoms with Crippen LogP contribution in [0.4, 0.5) is 0 Å². The van der Waals surface area contributed by atoms with Gasteiger partial charge in [0.15, 0.2) is 0 Å². The van der Waals surface area contributed by atoms with Crippen LogP contribution in [0.5, 0.6) is 0 Å². The number of carbonyl (C=O) groups excluding carboxylic acids is 1. The molecule has 15 heavy (non-hydrogen) atoms. The van der Waals surface area contributed by atoms with E-state index in [1.807, 2.05) is 6.92 Å². The molecule has 0 aromatic rings. The largest absolute Gasteiger partial charge is 0.383 e. The highest BCUT2D eigenvalue weighted by Gasteiger charge is 2.13. The van der Waals surface area contributed by atoms with Crippen LogP contribution in [-0.4, -0.2) is 56.7 Å². The molecule has 0 aliphatic rings. The Kier molecular flexibility index (Phi) is 8.76. The van der Waals surface area contributed by atoms with Gasteiger partial charge in [-0.2, -0.15) is 0 Å². The smallest absolute Gasteiger partial charge is 0.248 e. The maximum Gasteiger partial charge on any atom is 0.248 e. The summed E-state index contributed by atoms with van der Waals surface area (Å²) in [5, 5.41) is -0.171. The molecule has 0 bridgehead atoms. The summed E-state index contributed by atoms with van der Waals surface area (Å²) >= 11 is 5.92. The van der Waals surface area contributed by atoms with Gasteiger partial charge >= 0.3 is 0 Å². The zero-order valence-electron chi connectivity index (χ0n) is 9.66. The number of rotatable bonds is 8. The zero-order valence-corrected chi connectivity index (χ0v) is 10.4. The number of hydrogen-bond donors (Lipinski definition) is 0. The maximum atomic E-state index is 11.5. The second kappa shape index (κ2) is 8.95. The van der Waals surface area contributed by atoms with Gasteiger partial charge in [0, 0.05) is 27.3 Å². The van der Waals surface area contributed by atoms with Crippen LogP contribution in [0.25, 0.3) is 0 Å². The summed E-state index contributed by atoms with van der Waals surface area (Å²) in [4.78, 5) is 13.0. The Labute approximate surface area is 96.5 Å². The van der Waals surface area contributed by atoms with Crippen LogP contribution in [0.15, 0.2) is 0 Å². The van der Waals surface area contributed by atoms with Crippen LogP contribution in [-0.2, 0) is 14.3 Å². The summed E-state index contributed by atoms with van der Waals surface area (Å²) < 4.78 is 10.0. The van der Waals surface area contributed by atoms with E-state index in [1.165, 1.54) is 0 Å². The molecule has 5 heteroatoms. The number of amides is 1. The lowest BCUT2D eigenvalue weighted by Gasteiger charge is -2.19. The predicted molar refractivity (Wildman–Crippen MR) is 60.3 cm³/mol. The molecular formula is C10H20ClNO3. The normalized spacial score (nSPS) is 12.5. The molecule has 0 aliphatic carbocycles. The lowest BCUT2D eigenvalue weighted by Crippen LogP contribution is -2.36. The zero-order chi connectivity index (χ0) is 11.7. The van der Waals surface area contributed by atoms with Crippen molar-refractivity contribution in [3.05, 3.63) is 0 Å². The van der Waals surface area contributed by atoms with Gasteiger partial charge < -0.3 is 14.4 Å². The van der Waals surface area contributed by atoms with E-state index in [0.29, 0.717) is 19.8 Å². The van der Waals surface area contributed by atoms with Crippen molar-refractivity contribution in [2.24, 2.45) is 0 Å². The van der Waals surface area contributed by atoms with Crippen LogP contribution < -0.4 is 0 Å². The standard InChI is InChI=1S/C10H20ClNO3/c1-4-5-15-8-10(13)12(2)6-9(11)7-14-3/h9H,4-8H2,1-3H3. The number of likely N-dealkylation sites (N-methyl/N-ethyl adjacent to an activating group) is 1. The second-order valence-electron chi connectivity index (χ2n) is 3.38. The lowest BCUT2D eigenvalue weighted by atomic mass is 10.4. The molecule has 0 heterocycles. The first-order valence-electron chi connectivity index (χ1n) is 5.06. The molecule has 1 atom stereocenters. The molecule has 0 N–H and O–H groups in total. The van der Waals surface area contributed by atoms with Gasteiger partial charge in [-0.3, -0.25) is 4.79 Å². The van der Waals surface area contributed by atoms with Gasteiger partial charge in [-0.05, 0) is 6.42 Å². The Hall–Kier alpha value is -0.320. The molecule has 90 valence electrons. The van der Waals surface area contributed by atoms with Crippen LogP contribution in [0.1, 0.15) is 13.3 Å². The van der Waals surface area contributed by atoms with Crippen molar-refractivity contribution in [2.45, 2.75) is 18.7 Å². The van der Waals surface area contributed by atoms with Gasteiger partial charge in [0.05, 0.1) is 12.0 Å². The van der Waals surface area contributed by atoms with Crippen LogP contribution >= 0.6 is 11.6 Å². The minimum atomic E-state index is -0.171. The minimum absolute atomic E-state index is 0.0507. The van der Waals surface area contributed by atoms with E-state index in [9.17, 15) is 4.79 Å². The van der Waals surface area contributed by atoms with Crippen molar-refractivity contribution >= 4 is 17.5 Å². The third kappa shape index (κ3) is 7.59. The molecule has 0 spiro atoms.